The molecule has 0 bridgehead atoms. The Hall–Kier alpha value is 0.310. The lowest BCUT2D eigenvalue weighted by atomic mass is 10.0. The van der Waals surface area contributed by atoms with Crippen molar-refractivity contribution in [1.29, 1.82) is 0 Å². The van der Waals surface area contributed by atoms with Crippen LogP contribution >= 0.6 is 12.8 Å². The molecule has 1 atom stereocenters. The minimum absolute atomic E-state index is 0.862. The van der Waals surface area contributed by atoms with Crippen molar-refractivity contribution in [2.24, 2.45) is 5.92 Å². The van der Waals surface area contributed by atoms with Gasteiger partial charge in [-0.1, -0.05) is 19.7 Å². The molecule has 1 aliphatic rings. The normalized spacial score (nSPS) is 33.0. The molecule has 1 fully saturated rings. The first-order chi connectivity index (χ1) is 3.79. The van der Waals surface area contributed by atoms with E-state index in [0.717, 1.165) is 5.92 Å². The summed E-state index contributed by atoms with van der Waals surface area (Å²) < 4.78 is 2.11. The van der Waals surface area contributed by atoms with Crippen molar-refractivity contribution in [2.45, 2.75) is 19.8 Å². The topological polar surface area (TPSA) is 3.24 Å². The number of nitrogens with zero attached hydrogens (tertiary/aromatic N) is 1. The second-order valence-corrected chi connectivity index (χ2v) is 3.23. The van der Waals surface area contributed by atoms with E-state index in [-0.39, 0.29) is 0 Å². The smallest absolute Gasteiger partial charge is 0.0113 e. The maximum absolute atomic E-state index is 4.25. The lowest BCUT2D eigenvalue weighted by Crippen LogP contribution is -2.26. The van der Waals surface area contributed by atoms with E-state index in [1.165, 1.54) is 25.9 Å². The molecule has 2 heteroatoms. The quantitative estimate of drug-likeness (QED) is 0.488. The summed E-state index contributed by atoms with van der Waals surface area (Å²) in [5, 5.41) is 0. The zero-order valence-electron chi connectivity index (χ0n) is 5.30. The molecule has 0 aliphatic carbocycles. The van der Waals surface area contributed by atoms with E-state index in [4.69, 9.17) is 0 Å². The van der Waals surface area contributed by atoms with Crippen molar-refractivity contribution >= 4 is 12.8 Å². The van der Waals surface area contributed by atoms with Crippen LogP contribution in [-0.4, -0.2) is 17.4 Å². The van der Waals surface area contributed by atoms with Gasteiger partial charge in [0.25, 0.3) is 0 Å². The summed E-state index contributed by atoms with van der Waals surface area (Å²) in [5.74, 6) is 0.862. The molecule has 1 aliphatic heterocycles. The molecule has 1 saturated heterocycles. The van der Waals surface area contributed by atoms with Crippen LogP contribution in [-0.2, 0) is 0 Å². The third kappa shape index (κ3) is 1.67. The average Bonchev–Trinajstić information content (AvgIpc) is 1.64. The van der Waals surface area contributed by atoms with Gasteiger partial charge in [-0.2, -0.15) is 0 Å². The van der Waals surface area contributed by atoms with Crippen molar-refractivity contribution < 1.29 is 0 Å². The van der Waals surface area contributed by atoms with Crippen molar-refractivity contribution in [3.63, 3.8) is 0 Å². The fraction of sp³-hybridized carbons (Fsp3) is 1.00. The predicted octanol–water partition coefficient (Wildman–Crippen LogP) is 1.56. The van der Waals surface area contributed by atoms with E-state index in [1.54, 1.807) is 0 Å². The second-order valence-electron chi connectivity index (χ2n) is 2.66. The number of hydrogen-bond acceptors (Lipinski definition) is 2. The lowest BCUT2D eigenvalue weighted by molar-refractivity contribution is 0.305. The molecule has 1 heterocycles. The SMILES string of the molecule is CC1CCCN(S)C1. The molecule has 0 N–H and O–H groups in total. The molecule has 1 rings (SSSR count). The van der Waals surface area contributed by atoms with Gasteiger partial charge in [-0.05, 0) is 18.8 Å². The zero-order valence-corrected chi connectivity index (χ0v) is 6.19. The maximum atomic E-state index is 4.25. The largest absolute Gasteiger partial charge is 0.253 e. The number of hydrogen-bond donors (Lipinski definition) is 1. The molecule has 0 aromatic carbocycles. The minimum Gasteiger partial charge on any atom is -0.253 e. The van der Waals surface area contributed by atoms with Gasteiger partial charge in [0.05, 0.1) is 0 Å². The fourth-order valence-electron chi connectivity index (χ4n) is 1.16. The first-order valence-electron chi connectivity index (χ1n) is 3.23. The minimum atomic E-state index is 0.862. The number of rotatable bonds is 0. The Morgan fingerprint density at radius 1 is 1.62 bits per heavy atom. The molecule has 0 aromatic heterocycles. The third-order valence-electron chi connectivity index (χ3n) is 1.64. The second kappa shape index (κ2) is 2.74. The standard InChI is InChI=1S/C6H13NS/c1-6-3-2-4-7(8)5-6/h6,8H,2-5H2,1H3. The molecule has 48 valence electrons. The molecule has 8 heavy (non-hydrogen) atoms. The Morgan fingerprint density at radius 2 is 2.38 bits per heavy atom. The van der Waals surface area contributed by atoms with Crippen LogP contribution in [0.2, 0.25) is 0 Å². The van der Waals surface area contributed by atoms with E-state index in [1.807, 2.05) is 0 Å². The van der Waals surface area contributed by atoms with Crippen LogP contribution in [0.4, 0.5) is 0 Å². The van der Waals surface area contributed by atoms with Crippen molar-refractivity contribution in [3.8, 4) is 0 Å². The molecule has 0 saturated carbocycles. The van der Waals surface area contributed by atoms with Gasteiger partial charge in [-0.15, -0.1) is 0 Å². The summed E-state index contributed by atoms with van der Waals surface area (Å²) in [6, 6.07) is 0. The first kappa shape index (κ1) is 6.43. The van der Waals surface area contributed by atoms with Crippen LogP contribution in [0.25, 0.3) is 0 Å². The summed E-state index contributed by atoms with van der Waals surface area (Å²) in [7, 11) is 0. The van der Waals surface area contributed by atoms with Gasteiger partial charge < -0.3 is 0 Å². The molecule has 1 unspecified atom stereocenters. The number of piperidine rings is 1. The van der Waals surface area contributed by atoms with Crippen molar-refractivity contribution in [2.75, 3.05) is 13.1 Å². The molecule has 0 aromatic rings. The van der Waals surface area contributed by atoms with Gasteiger partial charge in [0, 0.05) is 13.1 Å². The molecular formula is C6H13NS. The molecule has 0 amide bonds. The van der Waals surface area contributed by atoms with Gasteiger partial charge in [0.2, 0.25) is 0 Å². The Balaban J connectivity index is 2.23. The number of thiol groups is 1. The van der Waals surface area contributed by atoms with Gasteiger partial charge in [-0.25, -0.2) is 0 Å². The van der Waals surface area contributed by atoms with Gasteiger partial charge in [0.1, 0.15) is 0 Å². The highest BCUT2D eigenvalue weighted by Crippen LogP contribution is 2.15. The molecule has 0 radical (unpaired) electrons. The Bertz CT molecular complexity index is 66.9. The van der Waals surface area contributed by atoms with E-state index < -0.39 is 0 Å². The highest BCUT2D eigenvalue weighted by atomic mass is 32.1. The maximum Gasteiger partial charge on any atom is 0.0113 e. The summed E-state index contributed by atoms with van der Waals surface area (Å²) in [4.78, 5) is 0. The van der Waals surface area contributed by atoms with Crippen LogP contribution in [0.5, 0.6) is 0 Å². The van der Waals surface area contributed by atoms with Crippen molar-refractivity contribution in [3.05, 3.63) is 0 Å². The van der Waals surface area contributed by atoms with Crippen LogP contribution in [0.3, 0.4) is 0 Å². The van der Waals surface area contributed by atoms with Crippen LogP contribution < -0.4 is 0 Å². The van der Waals surface area contributed by atoms with Crippen LogP contribution in [0, 0.1) is 5.92 Å². The monoisotopic (exact) mass is 131 g/mol. The Morgan fingerprint density at radius 3 is 2.75 bits per heavy atom. The molecule has 0 spiro atoms. The predicted molar refractivity (Wildman–Crippen MR) is 39.0 cm³/mol. The third-order valence-corrected chi connectivity index (χ3v) is 2.00. The summed E-state index contributed by atoms with van der Waals surface area (Å²) >= 11 is 4.25. The van der Waals surface area contributed by atoms with E-state index in [2.05, 4.69) is 24.0 Å². The Kier molecular flexibility index (Phi) is 2.20. The zero-order chi connectivity index (χ0) is 5.98. The van der Waals surface area contributed by atoms with Crippen LogP contribution in [0.1, 0.15) is 19.8 Å². The van der Waals surface area contributed by atoms with Gasteiger partial charge in [0.15, 0.2) is 0 Å². The Labute approximate surface area is 56.6 Å². The lowest BCUT2D eigenvalue weighted by Gasteiger charge is -2.25. The van der Waals surface area contributed by atoms with Crippen molar-refractivity contribution in [1.82, 2.24) is 4.31 Å². The molecule has 1 nitrogen and oxygen atoms in total. The molecular weight excluding hydrogens is 118 g/mol. The highest BCUT2D eigenvalue weighted by molar-refractivity contribution is 7.77. The van der Waals surface area contributed by atoms with Crippen LogP contribution in [0.15, 0.2) is 0 Å². The van der Waals surface area contributed by atoms with Gasteiger partial charge in [-0.3, -0.25) is 4.31 Å². The van der Waals surface area contributed by atoms with E-state index in [0.29, 0.717) is 0 Å². The van der Waals surface area contributed by atoms with Gasteiger partial charge >= 0.3 is 0 Å². The van der Waals surface area contributed by atoms with E-state index in [9.17, 15) is 0 Å². The summed E-state index contributed by atoms with van der Waals surface area (Å²) in [6.45, 7) is 4.62. The summed E-state index contributed by atoms with van der Waals surface area (Å²) in [5.41, 5.74) is 0. The highest BCUT2D eigenvalue weighted by Gasteiger charge is 2.11. The summed E-state index contributed by atoms with van der Waals surface area (Å²) in [6.07, 6.45) is 2.71. The average molecular weight is 131 g/mol. The fourth-order valence-corrected chi connectivity index (χ4v) is 1.58. The van der Waals surface area contributed by atoms with E-state index >= 15 is 0 Å². The first-order valence-corrected chi connectivity index (χ1v) is 3.63.